The molecule has 0 radical (unpaired) electrons. The number of aryl methyl sites for hydroxylation is 1. The van der Waals surface area contributed by atoms with Crippen molar-refractivity contribution in [1.29, 1.82) is 0 Å². The summed E-state index contributed by atoms with van der Waals surface area (Å²) in [5.41, 5.74) is 2.88. The molecule has 19 heavy (non-hydrogen) atoms. The second kappa shape index (κ2) is 7.21. The molecule has 0 saturated heterocycles. The number of ether oxygens (including phenoxy) is 1. The Bertz CT molecular complexity index is 447. The monoisotopic (exact) mass is 257 g/mol. The molecule has 0 amide bonds. The van der Waals surface area contributed by atoms with Crippen LogP contribution in [-0.2, 0) is 6.42 Å². The van der Waals surface area contributed by atoms with Crippen LogP contribution in [-0.4, -0.2) is 13.7 Å². The standard InChI is InChI=1S/C17H23NO/c1-3-4-5-6-12-18-17-9-7-8-14-13-15(19-2)10-11-16(14)17/h1,10-11,13,17-18H,4-9,12H2,2H3. The van der Waals surface area contributed by atoms with Crippen LogP contribution in [0.15, 0.2) is 18.2 Å². The predicted octanol–water partition coefficient (Wildman–Crippen LogP) is 3.47. The Labute approximate surface area is 116 Å². The molecule has 102 valence electrons. The lowest BCUT2D eigenvalue weighted by Gasteiger charge is -2.27. The van der Waals surface area contributed by atoms with Gasteiger partial charge >= 0.3 is 0 Å². The number of hydrogen-bond acceptors (Lipinski definition) is 2. The molecule has 1 aromatic rings. The summed E-state index contributed by atoms with van der Waals surface area (Å²) in [6.45, 7) is 1.05. The highest BCUT2D eigenvalue weighted by atomic mass is 16.5. The van der Waals surface area contributed by atoms with Crippen LogP contribution in [0.3, 0.4) is 0 Å². The van der Waals surface area contributed by atoms with Crippen molar-refractivity contribution in [1.82, 2.24) is 5.32 Å². The van der Waals surface area contributed by atoms with E-state index in [1.807, 2.05) is 0 Å². The highest BCUT2D eigenvalue weighted by Crippen LogP contribution is 2.32. The van der Waals surface area contributed by atoms with Crippen LogP contribution in [0.1, 0.15) is 49.3 Å². The maximum atomic E-state index is 5.30. The maximum absolute atomic E-state index is 5.30. The van der Waals surface area contributed by atoms with Crippen LogP contribution >= 0.6 is 0 Å². The number of methoxy groups -OCH3 is 1. The number of benzene rings is 1. The third kappa shape index (κ3) is 3.75. The van der Waals surface area contributed by atoms with Crippen molar-refractivity contribution in [3.8, 4) is 18.1 Å². The molecular weight excluding hydrogens is 234 g/mol. The summed E-state index contributed by atoms with van der Waals surface area (Å²) in [5, 5.41) is 3.66. The first-order valence-electron chi connectivity index (χ1n) is 7.19. The zero-order valence-corrected chi connectivity index (χ0v) is 11.7. The van der Waals surface area contributed by atoms with E-state index in [-0.39, 0.29) is 0 Å². The number of rotatable bonds is 6. The van der Waals surface area contributed by atoms with Crippen LogP contribution in [0.5, 0.6) is 5.75 Å². The fourth-order valence-corrected chi connectivity index (χ4v) is 2.76. The Morgan fingerprint density at radius 3 is 3.11 bits per heavy atom. The van der Waals surface area contributed by atoms with Gasteiger partial charge in [0.25, 0.3) is 0 Å². The highest BCUT2D eigenvalue weighted by molar-refractivity contribution is 5.39. The molecule has 1 N–H and O–H groups in total. The van der Waals surface area contributed by atoms with Gasteiger partial charge in [0.15, 0.2) is 0 Å². The lowest BCUT2D eigenvalue weighted by atomic mass is 9.87. The Hall–Kier alpha value is -1.46. The van der Waals surface area contributed by atoms with E-state index in [1.54, 1.807) is 7.11 Å². The summed E-state index contributed by atoms with van der Waals surface area (Å²) in [6.07, 6.45) is 12.1. The molecule has 0 spiro atoms. The largest absolute Gasteiger partial charge is 0.497 e. The van der Waals surface area contributed by atoms with E-state index in [9.17, 15) is 0 Å². The van der Waals surface area contributed by atoms with Crippen molar-refractivity contribution in [3.63, 3.8) is 0 Å². The number of nitrogens with one attached hydrogen (secondary N) is 1. The quantitative estimate of drug-likeness (QED) is 0.622. The minimum absolute atomic E-state index is 0.500. The van der Waals surface area contributed by atoms with Crippen molar-refractivity contribution in [2.75, 3.05) is 13.7 Å². The van der Waals surface area contributed by atoms with Crippen molar-refractivity contribution in [3.05, 3.63) is 29.3 Å². The summed E-state index contributed by atoms with van der Waals surface area (Å²) < 4.78 is 5.30. The maximum Gasteiger partial charge on any atom is 0.119 e. The molecule has 1 aromatic carbocycles. The first kappa shape index (κ1) is 14.0. The average molecular weight is 257 g/mol. The molecule has 0 aromatic heterocycles. The predicted molar refractivity (Wildman–Crippen MR) is 79.4 cm³/mol. The topological polar surface area (TPSA) is 21.3 Å². The van der Waals surface area contributed by atoms with E-state index in [0.717, 1.165) is 31.6 Å². The average Bonchev–Trinajstić information content (AvgIpc) is 2.46. The molecule has 2 heteroatoms. The third-order valence-electron chi connectivity index (χ3n) is 3.80. The Kier molecular flexibility index (Phi) is 5.30. The molecule has 1 unspecified atom stereocenters. The summed E-state index contributed by atoms with van der Waals surface area (Å²) in [7, 11) is 1.73. The Balaban J connectivity index is 1.92. The van der Waals surface area contributed by atoms with Gasteiger partial charge in [0.2, 0.25) is 0 Å². The number of unbranched alkanes of at least 4 members (excludes halogenated alkanes) is 2. The fraction of sp³-hybridized carbons (Fsp3) is 0.529. The van der Waals surface area contributed by atoms with Crippen LogP contribution in [0.2, 0.25) is 0 Å². The van der Waals surface area contributed by atoms with E-state index < -0.39 is 0 Å². The smallest absolute Gasteiger partial charge is 0.119 e. The molecule has 2 rings (SSSR count). The van der Waals surface area contributed by atoms with Gasteiger partial charge in [0.1, 0.15) is 5.75 Å². The van der Waals surface area contributed by atoms with E-state index in [0.29, 0.717) is 6.04 Å². The van der Waals surface area contributed by atoms with Gasteiger partial charge in [0, 0.05) is 12.5 Å². The molecule has 0 bridgehead atoms. The molecule has 0 heterocycles. The molecule has 1 aliphatic rings. The third-order valence-corrected chi connectivity index (χ3v) is 3.80. The van der Waals surface area contributed by atoms with E-state index in [1.165, 1.54) is 30.4 Å². The molecular formula is C17H23NO. The van der Waals surface area contributed by atoms with Gasteiger partial charge in [0.05, 0.1) is 7.11 Å². The fourth-order valence-electron chi connectivity index (χ4n) is 2.76. The van der Waals surface area contributed by atoms with Crippen LogP contribution < -0.4 is 10.1 Å². The first-order chi connectivity index (χ1) is 9.35. The van der Waals surface area contributed by atoms with E-state index >= 15 is 0 Å². The lowest BCUT2D eigenvalue weighted by molar-refractivity contribution is 0.410. The van der Waals surface area contributed by atoms with Gasteiger partial charge in [-0.15, -0.1) is 12.3 Å². The van der Waals surface area contributed by atoms with E-state index in [4.69, 9.17) is 11.2 Å². The molecule has 1 aliphatic carbocycles. The summed E-state index contributed by atoms with van der Waals surface area (Å²) >= 11 is 0. The zero-order valence-electron chi connectivity index (χ0n) is 11.7. The second-order valence-corrected chi connectivity index (χ2v) is 5.12. The Morgan fingerprint density at radius 2 is 2.32 bits per heavy atom. The highest BCUT2D eigenvalue weighted by Gasteiger charge is 2.19. The minimum atomic E-state index is 0.500. The first-order valence-corrected chi connectivity index (χ1v) is 7.19. The van der Waals surface area contributed by atoms with Crippen LogP contribution in [0.25, 0.3) is 0 Å². The number of terminal acetylenes is 1. The van der Waals surface area contributed by atoms with Gasteiger partial charge in [-0.2, -0.15) is 0 Å². The van der Waals surface area contributed by atoms with Gasteiger partial charge in [-0.1, -0.05) is 6.07 Å². The summed E-state index contributed by atoms with van der Waals surface area (Å²) in [4.78, 5) is 0. The number of fused-ring (bicyclic) bond motifs is 1. The van der Waals surface area contributed by atoms with E-state index in [2.05, 4.69) is 29.4 Å². The molecule has 2 nitrogen and oxygen atoms in total. The summed E-state index contributed by atoms with van der Waals surface area (Å²) in [6, 6.07) is 6.96. The van der Waals surface area contributed by atoms with Gasteiger partial charge in [-0.25, -0.2) is 0 Å². The molecule has 1 atom stereocenters. The zero-order chi connectivity index (χ0) is 13.5. The second-order valence-electron chi connectivity index (χ2n) is 5.12. The van der Waals surface area contributed by atoms with Gasteiger partial charge in [-0.05, 0) is 61.9 Å². The normalized spacial score (nSPS) is 17.6. The van der Waals surface area contributed by atoms with Crippen molar-refractivity contribution in [2.45, 2.75) is 44.6 Å². The molecule has 0 aliphatic heterocycles. The minimum Gasteiger partial charge on any atom is -0.497 e. The number of hydrogen-bond donors (Lipinski definition) is 1. The molecule has 0 saturated carbocycles. The van der Waals surface area contributed by atoms with Gasteiger partial charge < -0.3 is 10.1 Å². The van der Waals surface area contributed by atoms with Crippen molar-refractivity contribution >= 4 is 0 Å². The SMILES string of the molecule is C#CCCCCNC1CCCc2cc(OC)ccc21. The van der Waals surface area contributed by atoms with Crippen molar-refractivity contribution in [2.24, 2.45) is 0 Å². The summed E-state index contributed by atoms with van der Waals surface area (Å²) in [5.74, 6) is 3.66. The molecule has 0 fully saturated rings. The lowest BCUT2D eigenvalue weighted by Crippen LogP contribution is -2.26. The van der Waals surface area contributed by atoms with Crippen LogP contribution in [0, 0.1) is 12.3 Å². The Morgan fingerprint density at radius 1 is 1.42 bits per heavy atom. The van der Waals surface area contributed by atoms with Crippen LogP contribution in [0.4, 0.5) is 0 Å². The van der Waals surface area contributed by atoms with Gasteiger partial charge in [-0.3, -0.25) is 0 Å². The van der Waals surface area contributed by atoms with Crippen molar-refractivity contribution < 1.29 is 4.74 Å².